The number of hydrogen-bond acceptors (Lipinski definition) is 10. The number of pyridine rings is 1. The third-order valence-corrected chi connectivity index (χ3v) is 11.5. The summed E-state index contributed by atoms with van der Waals surface area (Å²) in [7, 11) is 0. The quantitative estimate of drug-likeness (QED) is 0.417. The SMILES string of the molecule is Cc1ncnc(C(=O)N2CCN3c4c(n(CC(=O)NC56CC(C(F)(F)F)(C5)C6)c5ncc(N6CCC6)nc5c4=O)CC4C[C@@H]2[C@@H]43)c1O. The topological polar surface area (TPSA) is 150 Å². The molecule has 3 atom stereocenters. The summed E-state index contributed by atoms with van der Waals surface area (Å²) < 4.78 is 42.1. The Hall–Kier alpha value is -4.50. The number of nitrogens with zero attached hydrogens (tertiary/aromatic N) is 8. The van der Waals surface area contributed by atoms with Crippen molar-refractivity contribution in [1.82, 2.24) is 34.7 Å². The Bertz CT molecular complexity index is 1940. The van der Waals surface area contributed by atoms with Crippen LogP contribution in [0.5, 0.6) is 5.75 Å². The Labute approximate surface area is 265 Å². The Morgan fingerprint density at radius 2 is 1.87 bits per heavy atom. The van der Waals surface area contributed by atoms with Crippen molar-refractivity contribution in [2.45, 2.75) is 75.8 Å². The van der Waals surface area contributed by atoms with E-state index in [1.165, 1.54) is 6.33 Å². The predicted octanol–water partition coefficient (Wildman–Crippen LogP) is 1.68. The fourth-order valence-corrected chi connectivity index (χ4v) is 9.03. The van der Waals surface area contributed by atoms with Crippen LogP contribution in [-0.2, 0) is 17.8 Å². The van der Waals surface area contributed by atoms with E-state index >= 15 is 0 Å². The number of nitrogens with one attached hydrogen (secondary N) is 1. The summed E-state index contributed by atoms with van der Waals surface area (Å²) in [4.78, 5) is 64.5. The van der Waals surface area contributed by atoms with Crippen molar-refractivity contribution in [3.8, 4) is 5.75 Å². The highest BCUT2D eigenvalue weighted by molar-refractivity contribution is 5.95. The molecule has 6 fully saturated rings. The van der Waals surface area contributed by atoms with E-state index < -0.39 is 23.0 Å². The highest BCUT2D eigenvalue weighted by atomic mass is 19.4. The molecule has 10 rings (SSSR count). The second-order valence-electron chi connectivity index (χ2n) is 14.2. The number of piperazine rings is 1. The molecule has 246 valence electrons. The van der Waals surface area contributed by atoms with Crippen molar-refractivity contribution in [2.75, 3.05) is 36.0 Å². The van der Waals surface area contributed by atoms with Gasteiger partial charge >= 0.3 is 6.18 Å². The summed E-state index contributed by atoms with van der Waals surface area (Å²) in [5.41, 5.74) is -1.08. The van der Waals surface area contributed by atoms with E-state index in [2.05, 4.69) is 20.3 Å². The van der Waals surface area contributed by atoms with E-state index in [9.17, 15) is 32.7 Å². The van der Waals surface area contributed by atoms with Crippen LogP contribution >= 0.6 is 0 Å². The monoisotopic (exact) mass is 651 g/mol. The highest BCUT2D eigenvalue weighted by Gasteiger charge is 2.79. The van der Waals surface area contributed by atoms with Gasteiger partial charge in [-0.3, -0.25) is 14.4 Å². The molecule has 0 spiro atoms. The fourth-order valence-electron chi connectivity index (χ4n) is 9.03. The van der Waals surface area contributed by atoms with Gasteiger partial charge in [0.25, 0.3) is 5.91 Å². The molecule has 4 saturated carbocycles. The Kier molecular flexibility index (Phi) is 5.69. The Balaban J connectivity index is 1.06. The molecule has 2 N–H and O–H groups in total. The van der Waals surface area contributed by atoms with E-state index in [1.54, 1.807) is 22.6 Å². The van der Waals surface area contributed by atoms with Crippen LogP contribution in [0.3, 0.4) is 0 Å². The van der Waals surface area contributed by atoms with Crippen molar-refractivity contribution in [1.29, 1.82) is 0 Å². The number of anilines is 2. The van der Waals surface area contributed by atoms with Gasteiger partial charge in [-0.1, -0.05) is 0 Å². The van der Waals surface area contributed by atoms with Gasteiger partial charge in [0.15, 0.2) is 22.6 Å². The summed E-state index contributed by atoms with van der Waals surface area (Å²) >= 11 is 0. The lowest BCUT2D eigenvalue weighted by molar-refractivity contribution is -0.337. The van der Waals surface area contributed by atoms with Gasteiger partial charge in [-0.05, 0) is 51.4 Å². The third kappa shape index (κ3) is 3.86. The second kappa shape index (κ2) is 9.31. The van der Waals surface area contributed by atoms with Gasteiger partial charge in [0, 0.05) is 37.4 Å². The van der Waals surface area contributed by atoms with Crippen LogP contribution in [0.2, 0.25) is 0 Å². The number of aromatic hydroxyl groups is 1. The summed E-state index contributed by atoms with van der Waals surface area (Å²) in [5.74, 6) is -0.409. The van der Waals surface area contributed by atoms with Crippen molar-refractivity contribution in [3.05, 3.63) is 39.8 Å². The van der Waals surface area contributed by atoms with Crippen molar-refractivity contribution >= 4 is 34.5 Å². The highest BCUT2D eigenvalue weighted by Crippen LogP contribution is 2.73. The first-order valence-corrected chi connectivity index (χ1v) is 16.0. The van der Waals surface area contributed by atoms with Gasteiger partial charge < -0.3 is 29.7 Å². The zero-order chi connectivity index (χ0) is 32.6. The predicted molar refractivity (Wildman–Crippen MR) is 160 cm³/mol. The lowest BCUT2D eigenvalue weighted by Gasteiger charge is -2.70. The minimum absolute atomic E-state index is 0.0522. The van der Waals surface area contributed by atoms with E-state index in [1.807, 2.05) is 9.80 Å². The molecule has 2 amide bonds. The maximum Gasteiger partial charge on any atom is 0.394 e. The summed E-state index contributed by atoms with van der Waals surface area (Å²) in [6.07, 6.45) is 0.354. The molecule has 6 heterocycles. The lowest BCUT2D eigenvalue weighted by Crippen LogP contribution is -2.78. The first-order chi connectivity index (χ1) is 22.4. The van der Waals surface area contributed by atoms with Crippen molar-refractivity contribution < 1.29 is 27.9 Å². The molecule has 3 aromatic rings. The first kappa shape index (κ1) is 28.7. The van der Waals surface area contributed by atoms with E-state index in [0.717, 1.165) is 19.5 Å². The smallest absolute Gasteiger partial charge is 0.394 e. The van der Waals surface area contributed by atoms with Crippen LogP contribution < -0.4 is 20.5 Å². The standard InChI is InChI=1S/C31H32F3N9O4/c1-15-25(45)22(37-14-36-15)28(47)41-5-6-42-23-16(7-17(23)41)8-18-24(42)26(46)21-27(35-9-19(38-21)40-3-2-4-40)43(18)10-20(44)39-30-11-29(12-30,13-30)31(32,33)34/h9,14,16-17,23,45H,2-8,10-13H2,1H3,(H,39,44)/t16?,17-,23-,29?,30?/m1/s1. The molecule has 3 aromatic heterocycles. The number of hydrogen-bond donors (Lipinski definition) is 2. The number of alkyl halides is 3. The maximum atomic E-state index is 14.3. The number of carbonyl (C=O) groups excluding carboxylic acids is 2. The molecular weight excluding hydrogens is 619 g/mol. The third-order valence-electron chi connectivity index (χ3n) is 11.5. The average molecular weight is 652 g/mol. The molecule has 0 aromatic carbocycles. The van der Waals surface area contributed by atoms with Crippen LogP contribution in [0.25, 0.3) is 11.2 Å². The number of fused-ring (bicyclic) bond motifs is 3. The maximum absolute atomic E-state index is 14.3. The van der Waals surface area contributed by atoms with Crippen LogP contribution in [0.4, 0.5) is 24.7 Å². The molecule has 1 unspecified atom stereocenters. The minimum atomic E-state index is -4.28. The summed E-state index contributed by atoms with van der Waals surface area (Å²) in [6.45, 7) is 3.62. The van der Waals surface area contributed by atoms with E-state index in [4.69, 9.17) is 4.98 Å². The number of aromatic nitrogens is 5. The Morgan fingerprint density at radius 1 is 1.11 bits per heavy atom. The van der Waals surface area contributed by atoms with Crippen LogP contribution in [0, 0.1) is 18.3 Å². The second-order valence-corrected chi connectivity index (χ2v) is 14.2. The molecular formula is C31H32F3N9O4. The van der Waals surface area contributed by atoms with E-state index in [-0.39, 0.29) is 84.3 Å². The van der Waals surface area contributed by atoms with Gasteiger partial charge in [-0.15, -0.1) is 0 Å². The van der Waals surface area contributed by atoms with Gasteiger partial charge in [0.1, 0.15) is 24.4 Å². The fraction of sp³-hybridized carbons (Fsp3) is 0.581. The van der Waals surface area contributed by atoms with Crippen LogP contribution in [0.1, 0.15) is 54.0 Å². The van der Waals surface area contributed by atoms with Crippen molar-refractivity contribution in [2.24, 2.45) is 11.3 Å². The molecule has 7 aliphatic rings. The number of rotatable bonds is 5. The average Bonchev–Trinajstić information content (AvgIpc) is 2.94. The number of amides is 2. The zero-order valence-corrected chi connectivity index (χ0v) is 25.5. The van der Waals surface area contributed by atoms with Crippen molar-refractivity contribution in [3.63, 3.8) is 0 Å². The lowest BCUT2D eigenvalue weighted by atomic mass is 9.39. The van der Waals surface area contributed by atoms with Gasteiger partial charge in [-0.2, -0.15) is 13.2 Å². The van der Waals surface area contributed by atoms with Crippen LogP contribution in [-0.4, -0.2) is 96.3 Å². The summed E-state index contributed by atoms with van der Waals surface area (Å²) in [6, 6.07) is -0.358. The molecule has 0 radical (unpaired) electrons. The zero-order valence-electron chi connectivity index (χ0n) is 25.5. The van der Waals surface area contributed by atoms with Crippen LogP contribution in [0.15, 0.2) is 17.3 Å². The van der Waals surface area contributed by atoms with Gasteiger partial charge in [0.05, 0.1) is 29.4 Å². The molecule has 3 aliphatic heterocycles. The largest absolute Gasteiger partial charge is 0.504 e. The molecule has 13 nitrogen and oxygen atoms in total. The van der Waals surface area contributed by atoms with E-state index in [0.29, 0.717) is 42.3 Å². The first-order valence-electron chi connectivity index (χ1n) is 16.0. The molecule has 16 heteroatoms. The summed E-state index contributed by atoms with van der Waals surface area (Å²) in [5, 5.41) is 13.4. The normalized spacial score (nSPS) is 30.0. The minimum Gasteiger partial charge on any atom is -0.504 e. The number of halogens is 3. The molecule has 2 saturated heterocycles. The molecule has 2 bridgehead atoms. The number of aryl methyl sites for hydroxylation is 1. The molecule has 47 heavy (non-hydrogen) atoms. The molecule has 4 aliphatic carbocycles. The number of carbonyl (C=O) groups is 2. The van der Waals surface area contributed by atoms with Gasteiger partial charge in [0.2, 0.25) is 11.3 Å². The van der Waals surface area contributed by atoms with Gasteiger partial charge in [-0.25, -0.2) is 19.9 Å². The Morgan fingerprint density at radius 3 is 2.57 bits per heavy atom.